The maximum Gasteiger partial charge on any atom is 0.333 e. The molecule has 0 radical (unpaired) electrons. The van der Waals surface area contributed by atoms with E-state index in [1.165, 1.54) is 0 Å². The molecule has 0 saturated heterocycles. The van der Waals surface area contributed by atoms with Crippen LogP contribution in [0.15, 0.2) is 5.16 Å². The molecule has 0 bridgehead atoms. The van der Waals surface area contributed by atoms with Crippen molar-refractivity contribution in [1.82, 2.24) is 0 Å². The van der Waals surface area contributed by atoms with E-state index in [9.17, 15) is 4.57 Å². The Bertz CT molecular complexity index is 160. The summed E-state index contributed by atoms with van der Waals surface area (Å²) < 4.78 is 10.0. The van der Waals surface area contributed by atoms with Crippen LogP contribution in [0.4, 0.5) is 0 Å². The van der Waals surface area contributed by atoms with E-state index in [4.69, 9.17) is 20.7 Å². The summed E-state index contributed by atoms with van der Waals surface area (Å²) in [6.45, 7) is 0. The third-order valence-electron chi connectivity index (χ3n) is 0.496. The number of hydrogen-bond acceptors (Lipinski definition) is 3. The summed E-state index contributed by atoms with van der Waals surface area (Å²) in [5.74, 6) is -0.469. The molecule has 0 aliphatic heterocycles. The Labute approximate surface area is 51.1 Å². The van der Waals surface area contributed by atoms with Crippen molar-refractivity contribution >= 4 is 13.4 Å². The zero-order valence-electron chi connectivity index (χ0n) is 4.43. The zero-order valence-corrected chi connectivity index (χ0v) is 5.32. The second-order valence-electron chi connectivity index (χ2n) is 1.41. The summed E-state index contributed by atoms with van der Waals surface area (Å²) in [7, 11) is -4.15. The molecule has 0 aliphatic rings. The average molecular weight is 154 g/mol. The van der Waals surface area contributed by atoms with Crippen molar-refractivity contribution in [2.24, 2.45) is 10.9 Å². The van der Waals surface area contributed by atoms with Gasteiger partial charge in [0.05, 0.1) is 0 Å². The number of nitrogens with zero attached hydrogens (tertiary/aromatic N) is 1. The van der Waals surface area contributed by atoms with E-state index in [0.717, 1.165) is 0 Å². The van der Waals surface area contributed by atoms with Crippen molar-refractivity contribution in [2.45, 2.75) is 0 Å². The Morgan fingerprint density at radius 2 is 2.11 bits per heavy atom. The third kappa shape index (κ3) is 5.29. The van der Waals surface area contributed by atoms with Gasteiger partial charge in [-0.25, -0.2) is 0 Å². The molecule has 0 aliphatic carbocycles. The molecule has 0 rings (SSSR count). The van der Waals surface area contributed by atoms with Crippen molar-refractivity contribution in [3.8, 4) is 0 Å². The zero-order chi connectivity index (χ0) is 7.49. The topological polar surface area (TPSA) is 116 Å². The summed E-state index contributed by atoms with van der Waals surface area (Å²) in [6.07, 6.45) is -0.705. The highest BCUT2D eigenvalue weighted by Gasteiger charge is 2.14. The predicted octanol–water partition coefficient (Wildman–Crippen LogP) is -1.09. The fourth-order valence-electron chi connectivity index (χ4n) is 0.243. The second-order valence-corrected chi connectivity index (χ2v) is 3.06. The van der Waals surface area contributed by atoms with Gasteiger partial charge in [-0.05, 0) is 0 Å². The van der Waals surface area contributed by atoms with Gasteiger partial charge < -0.3 is 20.7 Å². The van der Waals surface area contributed by atoms with Crippen LogP contribution >= 0.6 is 7.60 Å². The van der Waals surface area contributed by atoms with Crippen molar-refractivity contribution in [2.75, 3.05) is 6.16 Å². The maximum atomic E-state index is 10.0. The fraction of sp³-hybridized carbons (Fsp3) is 0.500. The Balaban J connectivity index is 3.90. The number of oxime groups is 1. The summed E-state index contributed by atoms with van der Waals surface area (Å²) in [5, 5.41) is 10.2. The Morgan fingerprint density at radius 3 is 2.22 bits per heavy atom. The summed E-state index contributed by atoms with van der Waals surface area (Å²) >= 11 is 0. The first-order valence-electron chi connectivity index (χ1n) is 1.96. The first-order chi connectivity index (χ1) is 3.95. The number of amidine groups is 1. The van der Waals surface area contributed by atoms with Crippen LogP contribution in [0, 0.1) is 0 Å². The van der Waals surface area contributed by atoms with Gasteiger partial charge in [-0.15, -0.1) is 0 Å². The minimum atomic E-state index is -4.15. The summed E-state index contributed by atoms with van der Waals surface area (Å²) in [6, 6.07) is 0. The van der Waals surface area contributed by atoms with Gasteiger partial charge in [0.25, 0.3) is 0 Å². The predicted molar refractivity (Wildman–Crippen MR) is 30.3 cm³/mol. The maximum absolute atomic E-state index is 10.0. The van der Waals surface area contributed by atoms with Gasteiger partial charge in [0.2, 0.25) is 0 Å². The fourth-order valence-corrected chi connectivity index (χ4v) is 0.728. The molecule has 0 aromatic heterocycles. The Morgan fingerprint density at radius 1 is 1.67 bits per heavy atom. The molecular formula is C2H7N2O4P. The second kappa shape index (κ2) is 2.82. The third-order valence-corrected chi connectivity index (χ3v) is 1.23. The van der Waals surface area contributed by atoms with Crippen LogP contribution in [0.25, 0.3) is 0 Å². The van der Waals surface area contributed by atoms with Crippen LogP contribution in [0.5, 0.6) is 0 Å². The molecule has 0 aromatic rings. The number of rotatable bonds is 2. The molecule has 0 fully saturated rings. The molecule has 0 amide bonds. The first kappa shape index (κ1) is 8.42. The van der Waals surface area contributed by atoms with Gasteiger partial charge in [0.1, 0.15) is 6.16 Å². The van der Waals surface area contributed by atoms with Crippen molar-refractivity contribution in [3.05, 3.63) is 0 Å². The van der Waals surface area contributed by atoms with E-state index < -0.39 is 19.6 Å². The van der Waals surface area contributed by atoms with E-state index >= 15 is 0 Å². The lowest BCUT2D eigenvalue weighted by atomic mass is 10.7. The molecule has 0 saturated carbocycles. The van der Waals surface area contributed by atoms with Gasteiger partial charge in [-0.2, -0.15) is 0 Å². The largest absolute Gasteiger partial charge is 0.409 e. The van der Waals surface area contributed by atoms with Crippen LogP contribution in [0.1, 0.15) is 0 Å². The van der Waals surface area contributed by atoms with Crippen molar-refractivity contribution in [3.63, 3.8) is 0 Å². The van der Waals surface area contributed by atoms with Crippen LogP contribution in [0.3, 0.4) is 0 Å². The lowest BCUT2D eigenvalue weighted by Crippen LogP contribution is -2.16. The van der Waals surface area contributed by atoms with E-state index in [0.29, 0.717) is 0 Å². The van der Waals surface area contributed by atoms with Gasteiger partial charge in [0.15, 0.2) is 5.84 Å². The average Bonchev–Trinajstić information content (AvgIpc) is 1.62. The molecular weight excluding hydrogens is 147 g/mol. The van der Waals surface area contributed by atoms with Crippen LogP contribution in [0.2, 0.25) is 0 Å². The van der Waals surface area contributed by atoms with Gasteiger partial charge >= 0.3 is 7.60 Å². The molecule has 54 valence electrons. The quantitative estimate of drug-likeness (QED) is 0.132. The molecule has 6 nitrogen and oxygen atoms in total. The van der Waals surface area contributed by atoms with E-state index in [1.54, 1.807) is 0 Å². The Kier molecular flexibility index (Phi) is 2.64. The minimum absolute atomic E-state index is 0.469. The van der Waals surface area contributed by atoms with E-state index in [2.05, 4.69) is 5.16 Å². The highest BCUT2D eigenvalue weighted by molar-refractivity contribution is 7.52. The Hall–Kier alpha value is -0.580. The lowest BCUT2D eigenvalue weighted by molar-refractivity contribution is 0.317. The van der Waals surface area contributed by atoms with E-state index in [-0.39, 0.29) is 0 Å². The standard InChI is InChI=1S/C2H7N2O4P/c3-2(4-5)1-9(6,7)8/h5H,1H2,(H2,3,4)(H2,6,7,8). The molecule has 9 heavy (non-hydrogen) atoms. The normalized spacial score (nSPS) is 13.8. The first-order valence-corrected chi connectivity index (χ1v) is 3.76. The molecule has 0 heterocycles. The molecule has 7 heteroatoms. The minimum Gasteiger partial charge on any atom is -0.409 e. The smallest absolute Gasteiger partial charge is 0.333 e. The highest BCUT2D eigenvalue weighted by Crippen LogP contribution is 2.33. The van der Waals surface area contributed by atoms with Crippen molar-refractivity contribution in [1.29, 1.82) is 0 Å². The van der Waals surface area contributed by atoms with Crippen LogP contribution < -0.4 is 5.73 Å². The highest BCUT2D eigenvalue weighted by atomic mass is 31.2. The van der Waals surface area contributed by atoms with Gasteiger partial charge in [-0.1, -0.05) is 5.16 Å². The molecule has 0 atom stereocenters. The monoisotopic (exact) mass is 154 g/mol. The SMILES string of the molecule is NC(CP(=O)(O)O)=NO. The molecule has 0 unspecified atom stereocenters. The van der Waals surface area contributed by atoms with Gasteiger partial charge in [0, 0.05) is 0 Å². The van der Waals surface area contributed by atoms with Crippen LogP contribution in [-0.4, -0.2) is 27.0 Å². The van der Waals surface area contributed by atoms with Gasteiger partial charge in [-0.3, -0.25) is 4.57 Å². The molecule has 0 aromatic carbocycles. The van der Waals surface area contributed by atoms with Crippen molar-refractivity contribution < 1.29 is 19.6 Å². The molecule has 5 N–H and O–H groups in total. The lowest BCUT2D eigenvalue weighted by Gasteiger charge is -1.99. The van der Waals surface area contributed by atoms with Crippen LogP contribution in [-0.2, 0) is 4.57 Å². The number of nitrogens with two attached hydrogens (primary N) is 1. The number of hydrogen-bond donors (Lipinski definition) is 4. The summed E-state index contributed by atoms with van der Waals surface area (Å²) in [5.41, 5.74) is 4.77. The van der Waals surface area contributed by atoms with E-state index in [1.807, 2.05) is 0 Å². The molecule has 0 spiro atoms. The summed E-state index contributed by atoms with van der Waals surface area (Å²) in [4.78, 5) is 16.3.